The molecule has 2 rings (SSSR count). The fraction of sp³-hybridized carbons (Fsp3) is 0.667. The number of carbonyl (C=O) groups excluding carboxylic acids is 1. The Bertz CT molecular complexity index is 446. The zero-order valence-electron chi connectivity index (χ0n) is 12.6. The van der Waals surface area contributed by atoms with Gasteiger partial charge in [0.05, 0.1) is 12.4 Å². The molecule has 1 aliphatic rings. The molecular formula is C15H24N4O. The van der Waals surface area contributed by atoms with Crippen LogP contribution in [0.25, 0.3) is 0 Å². The van der Waals surface area contributed by atoms with Crippen molar-refractivity contribution in [2.75, 3.05) is 18.4 Å². The van der Waals surface area contributed by atoms with Gasteiger partial charge in [-0.3, -0.25) is 4.79 Å². The predicted octanol–water partition coefficient (Wildman–Crippen LogP) is 2.56. The number of aromatic nitrogens is 2. The minimum atomic E-state index is -0.00130. The van der Waals surface area contributed by atoms with Crippen LogP contribution in [0.15, 0.2) is 12.4 Å². The lowest BCUT2D eigenvalue weighted by Gasteiger charge is -2.36. The highest BCUT2D eigenvalue weighted by atomic mass is 16.2. The number of hydrogen-bond donors (Lipinski definition) is 1. The molecule has 1 aromatic heterocycles. The van der Waals surface area contributed by atoms with E-state index in [-0.39, 0.29) is 5.91 Å². The standard InChI is InChI=1S/C15H24N4O/c1-4-7-16-14-9-17-13(8-18-14)15(20)19-10-11(2)5-6-12(19)3/h8-9,11-12H,4-7,10H2,1-3H3,(H,16,18). The van der Waals surface area contributed by atoms with Crippen LogP contribution in [0, 0.1) is 5.92 Å². The minimum absolute atomic E-state index is 0.00130. The lowest BCUT2D eigenvalue weighted by Crippen LogP contribution is -2.45. The summed E-state index contributed by atoms with van der Waals surface area (Å²) in [5.74, 6) is 1.29. The van der Waals surface area contributed by atoms with Crippen molar-refractivity contribution in [3.8, 4) is 0 Å². The predicted molar refractivity (Wildman–Crippen MR) is 79.7 cm³/mol. The summed E-state index contributed by atoms with van der Waals surface area (Å²) in [6, 6.07) is 0.290. The topological polar surface area (TPSA) is 58.1 Å². The van der Waals surface area contributed by atoms with Crippen LogP contribution in [0.3, 0.4) is 0 Å². The van der Waals surface area contributed by atoms with Gasteiger partial charge < -0.3 is 10.2 Å². The van der Waals surface area contributed by atoms with Crippen molar-refractivity contribution in [1.29, 1.82) is 0 Å². The van der Waals surface area contributed by atoms with E-state index in [0.29, 0.717) is 17.7 Å². The zero-order chi connectivity index (χ0) is 14.5. The summed E-state index contributed by atoms with van der Waals surface area (Å²) in [7, 11) is 0. The van der Waals surface area contributed by atoms with Crippen LogP contribution in [0.2, 0.25) is 0 Å². The third-order valence-electron chi connectivity index (χ3n) is 3.81. The second-order valence-corrected chi connectivity index (χ2v) is 5.70. The maximum Gasteiger partial charge on any atom is 0.274 e. The second kappa shape index (κ2) is 6.68. The van der Waals surface area contributed by atoms with Crippen molar-refractivity contribution in [3.63, 3.8) is 0 Å². The molecule has 1 N–H and O–H groups in total. The Morgan fingerprint density at radius 1 is 1.35 bits per heavy atom. The maximum absolute atomic E-state index is 12.5. The van der Waals surface area contributed by atoms with Crippen LogP contribution >= 0.6 is 0 Å². The molecule has 1 saturated heterocycles. The number of rotatable bonds is 4. The van der Waals surface area contributed by atoms with Gasteiger partial charge in [0.15, 0.2) is 0 Å². The molecule has 2 heterocycles. The van der Waals surface area contributed by atoms with Crippen molar-refractivity contribution >= 4 is 11.7 Å². The molecule has 2 atom stereocenters. The fourth-order valence-corrected chi connectivity index (χ4v) is 2.50. The molecule has 1 fully saturated rings. The average Bonchev–Trinajstić information content (AvgIpc) is 2.47. The number of amides is 1. The van der Waals surface area contributed by atoms with Crippen molar-refractivity contribution in [1.82, 2.24) is 14.9 Å². The Hall–Kier alpha value is -1.65. The van der Waals surface area contributed by atoms with E-state index >= 15 is 0 Å². The lowest BCUT2D eigenvalue weighted by molar-refractivity contribution is 0.0567. The van der Waals surface area contributed by atoms with E-state index in [0.717, 1.165) is 31.7 Å². The highest BCUT2D eigenvalue weighted by molar-refractivity contribution is 5.92. The summed E-state index contributed by atoms with van der Waals surface area (Å²) in [4.78, 5) is 22.9. The Labute approximate surface area is 120 Å². The summed E-state index contributed by atoms with van der Waals surface area (Å²) < 4.78 is 0. The molecule has 0 aliphatic carbocycles. The summed E-state index contributed by atoms with van der Waals surface area (Å²) in [5, 5.41) is 3.16. The molecule has 0 aromatic carbocycles. The number of nitrogens with zero attached hydrogens (tertiary/aromatic N) is 3. The number of hydrogen-bond acceptors (Lipinski definition) is 4. The highest BCUT2D eigenvalue weighted by Gasteiger charge is 2.28. The number of carbonyl (C=O) groups is 1. The molecule has 1 aliphatic heterocycles. The maximum atomic E-state index is 12.5. The van der Waals surface area contributed by atoms with Crippen LogP contribution in [0.1, 0.15) is 50.5 Å². The third-order valence-corrected chi connectivity index (χ3v) is 3.81. The van der Waals surface area contributed by atoms with Gasteiger partial charge in [-0.1, -0.05) is 13.8 Å². The normalized spacial score (nSPS) is 22.6. The Kier molecular flexibility index (Phi) is 4.93. The van der Waals surface area contributed by atoms with E-state index in [4.69, 9.17) is 0 Å². The van der Waals surface area contributed by atoms with Crippen molar-refractivity contribution in [3.05, 3.63) is 18.1 Å². The molecule has 5 heteroatoms. The average molecular weight is 276 g/mol. The van der Waals surface area contributed by atoms with Crippen molar-refractivity contribution < 1.29 is 4.79 Å². The number of nitrogens with one attached hydrogen (secondary N) is 1. The number of likely N-dealkylation sites (tertiary alicyclic amines) is 1. The first-order valence-electron chi connectivity index (χ1n) is 7.48. The zero-order valence-corrected chi connectivity index (χ0v) is 12.6. The summed E-state index contributed by atoms with van der Waals surface area (Å²) >= 11 is 0. The number of anilines is 1. The van der Waals surface area contributed by atoms with E-state index < -0.39 is 0 Å². The molecule has 20 heavy (non-hydrogen) atoms. The van der Waals surface area contributed by atoms with E-state index in [1.807, 2.05) is 4.90 Å². The largest absolute Gasteiger partial charge is 0.369 e. The molecule has 0 saturated carbocycles. The van der Waals surface area contributed by atoms with Crippen LogP contribution in [-0.2, 0) is 0 Å². The quantitative estimate of drug-likeness (QED) is 0.918. The van der Waals surface area contributed by atoms with Gasteiger partial charge in [-0.25, -0.2) is 9.97 Å². The number of piperidine rings is 1. The van der Waals surface area contributed by atoms with Gasteiger partial charge in [0.1, 0.15) is 11.5 Å². The lowest BCUT2D eigenvalue weighted by atomic mass is 9.95. The first-order valence-corrected chi connectivity index (χ1v) is 7.48. The van der Waals surface area contributed by atoms with Gasteiger partial charge in [-0.05, 0) is 32.1 Å². The van der Waals surface area contributed by atoms with Crippen molar-refractivity contribution in [2.24, 2.45) is 5.92 Å². The van der Waals surface area contributed by atoms with E-state index in [2.05, 4.69) is 36.1 Å². The molecule has 2 unspecified atom stereocenters. The summed E-state index contributed by atoms with van der Waals surface area (Å²) in [6.45, 7) is 8.07. The molecule has 1 aromatic rings. The molecule has 0 radical (unpaired) electrons. The van der Waals surface area contributed by atoms with Crippen LogP contribution in [-0.4, -0.2) is 39.9 Å². The van der Waals surface area contributed by atoms with E-state index in [1.54, 1.807) is 12.4 Å². The van der Waals surface area contributed by atoms with E-state index in [9.17, 15) is 4.79 Å². The van der Waals surface area contributed by atoms with Crippen LogP contribution < -0.4 is 5.32 Å². The molecule has 0 bridgehead atoms. The summed E-state index contributed by atoms with van der Waals surface area (Å²) in [6.07, 6.45) is 6.51. The fourth-order valence-electron chi connectivity index (χ4n) is 2.50. The summed E-state index contributed by atoms with van der Waals surface area (Å²) in [5.41, 5.74) is 0.438. The van der Waals surface area contributed by atoms with E-state index in [1.165, 1.54) is 6.42 Å². The van der Waals surface area contributed by atoms with Gasteiger partial charge in [-0.15, -0.1) is 0 Å². The third kappa shape index (κ3) is 3.46. The second-order valence-electron chi connectivity index (χ2n) is 5.70. The Morgan fingerprint density at radius 2 is 2.15 bits per heavy atom. The molecule has 1 amide bonds. The first kappa shape index (κ1) is 14.8. The van der Waals surface area contributed by atoms with Gasteiger partial charge in [-0.2, -0.15) is 0 Å². The van der Waals surface area contributed by atoms with Gasteiger partial charge >= 0.3 is 0 Å². The van der Waals surface area contributed by atoms with Gasteiger partial charge in [0.2, 0.25) is 0 Å². The Morgan fingerprint density at radius 3 is 2.80 bits per heavy atom. The Balaban J connectivity index is 2.04. The molecule has 5 nitrogen and oxygen atoms in total. The SMILES string of the molecule is CCCNc1cnc(C(=O)N2CC(C)CCC2C)cn1. The monoisotopic (exact) mass is 276 g/mol. The smallest absolute Gasteiger partial charge is 0.274 e. The molecule has 0 spiro atoms. The van der Waals surface area contributed by atoms with Gasteiger partial charge in [0.25, 0.3) is 5.91 Å². The van der Waals surface area contributed by atoms with Crippen molar-refractivity contribution in [2.45, 2.75) is 46.1 Å². The van der Waals surface area contributed by atoms with Crippen LogP contribution in [0.4, 0.5) is 5.82 Å². The molecular weight excluding hydrogens is 252 g/mol. The van der Waals surface area contributed by atoms with Crippen LogP contribution in [0.5, 0.6) is 0 Å². The minimum Gasteiger partial charge on any atom is -0.369 e. The molecule has 110 valence electrons. The first-order chi connectivity index (χ1) is 9.61. The highest BCUT2D eigenvalue weighted by Crippen LogP contribution is 2.22. The van der Waals surface area contributed by atoms with Gasteiger partial charge in [0, 0.05) is 19.1 Å².